The lowest BCUT2D eigenvalue weighted by atomic mass is 9.97. The van der Waals surface area contributed by atoms with Crippen molar-refractivity contribution in [1.82, 2.24) is 24.1 Å². The Balaban J connectivity index is 1.30. The number of hydrogen-bond donors (Lipinski definition) is 1. The van der Waals surface area contributed by atoms with Crippen LogP contribution in [0.2, 0.25) is 10.0 Å². The molecule has 1 amide bonds. The van der Waals surface area contributed by atoms with Crippen molar-refractivity contribution >= 4 is 62.6 Å². The number of carbonyl (C=O) groups is 2. The van der Waals surface area contributed by atoms with E-state index >= 15 is 4.79 Å². The monoisotopic (exact) mass is 830 g/mol. The van der Waals surface area contributed by atoms with Crippen molar-refractivity contribution < 1.29 is 24.2 Å². The fourth-order valence-electron chi connectivity index (χ4n) is 8.58. The molecule has 59 heavy (non-hydrogen) atoms. The summed E-state index contributed by atoms with van der Waals surface area (Å²) in [6, 6.07) is 16.6. The van der Waals surface area contributed by atoms with Crippen LogP contribution in [0.25, 0.3) is 32.9 Å². The number of rotatable bonds is 11. The zero-order valence-corrected chi connectivity index (χ0v) is 35.5. The number of methoxy groups -OCH3 is 1. The molecule has 302 valence electrons. The summed E-state index contributed by atoms with van der Waals surface area (Å²) in [6.45, 7) is 12.7. The second-order valence-electron chi connectivity index (χ2n) is 15.3. The first-order chi connectivity index (χ1) is 28.3. The van der Waals surface area contributed by atoms with Gasteiger partial charge in [-0.2, -0.15) is 0 Å². The third-order valence-corrected chi connectivity index (χ3v) is 12.2. The number of ether oxygens (including phenoxy) is 2. The van der Waals surface area contributed by atoms with Crippen LogP contribution in [0.15, 0.2) is 67.1 Å². The first-order valence-electron chi connectivity index (χ1n) is 19.5. The lowest BCUT2D eigenvalue weighted by Crippen LogP contribution is -2.43. The largest absolute Gasteiger partial charge is 0.496 e. The average Bonchev–Trinajstić information content (AvgIpc) is 3.75. The van der Waals surface area contributed by atoms with Gasteiger partial charge in [0.05, 0.1) is 47.7 Å². The van der Waals surface area contributed by atoms with Crippen molar-refractivity contribution in [2.75, 3.05) is 25.2 Å². The molecule has 0 radical (unpaired) electrons. The fourth-order valence-corrected chi connectivity index (χ4v) is 8.94. The number of pyridine rings is 1. The highest BCUT2D eigenvalue weighted by molar-refractivity contribution is 6.35. The Kier molecular flexibility index (Phi) is 10.6. The molecular formula is C46H44Cl2N6O5. The number of benzene rings is 3. The SMILES string of the molecule is COc1ccc(N2CC(C)n3c(c(CCCOc4cc(C)c(Cl)c(C)c4)c4ccc(Cl)c(-c5c(C)ncnc5C)c43)C2=O)c2c1cc(C(=O)O)n2Cc1ccc(C)cn1. The number of aromatic carboxylic acids is 1. The minimum Gasteiger partial charge on any atom is -0.496 e. The molecule has 1 unspecified atom stereocenters. The number of aromatic nitrogens is 5. The Morgan fingerprint density at radius 3 is 2.29 bits per heavy atom. The van der Waals surface area contributed by atoms with E-state index in [1.165, 1.54) is 0 Å². The van der Waals surface area contributed by atoms with E-state index in [-0.39, 0.29) is 24.2 Å². The molecule has 0 saturated heterocycles. The maximum Gasteiger partial charge on any atom is 0.352 e. The van der Waals surface area contributed by atoms with Crippen LogP contribution in [0.5, 0.6) is 11.5 Å². The van der Waals surface area contributed by atoms with Crippen LogP contribution in [-0.4, -0.2) is 61.3 Å². The van der Waals surface area contributed by atoms with Gasteiger partial charge in [-0.05, 0) is 119 Å². The number of nitrogens with zero attached hydrogens (tertiary/aromatic N) is 6. The number of amides is 1. The van der Waals surface area contributed by atoms with Crippen molar-refractivity contribution in [2.45, 2.75) is 67.0 Å². The smallest absolute Gasteiger partial charge is 0.352 e. The Morgan fingerprint density at radius 1 is 0.898 bits per heavy atom. The van der Waals surface area contributed by atoms with Crippen molar-refractivity contribution in [3.8, 4) is 22.6 Å². The van der Waals surface area contributed by atoms with Crippen LogP contribution in [0.1, 0.15) is 79.7 Å². The van der Waals surface area contributed by atoms with Crippen LogP contribution in [0, 0.1) is 34.6 Å². The van der Waals surface area contributed by atoms with Crippen molar-refractivity contribution in [3.63, 3.8) is 0 Å². The van der Waals surface area contributed by atoms with Gasteiger partial charge < -0.3 is 28.6 Å². The molecule has 3 aromatic carbocycles. The predicted molar refractivity (Wildman–Crippen MR) is 232 cm³/mol. The van der Waals surface area contributed by atoms with Gasteiger partial charge in [0.2, 0.25) is 0 Å². The Labute approximate surface area is 352 Å². The second-order valence-corrected chi connectivity index (χ2v) is 16.1. The standard InChI is InChI=1S/C46H44Cl2N6O5/c1-24-10-11-30(49-20-24)22-52-37(46(56)57)19-34-38(58-7)15-14-36(42(34)52)53-21-27(4)54-43-33(12-13-35(47)40(43)39-28(5)50-23-51-29(39)6)32(44(54)45(53)55)9-8-16-59-31-17-25(2)41(48)26(3)18-31/h10-15,17-20,23,27H,8-9,16,21-22H2,1-7H3,(H,56,57). The van der Waals surface area contributed by atoms with E-state index in [1.54, 1.807) is 41.2 Å². The van der Waals surface area contributed by atoms with Gasteiger partial charge in [0.15, 0.2) is 0 Å². The van der Waals surface area contributed by atoms with Crippen molar-refractivity contribution in [3.05, 3.63) is 128 Å². The summed E-state index contributed by atoms with van der Waals surface area (Å²) >= 11 is 13.6. The fraction of sp³-hybridized carbons (Fsp3) is 0.283. The number of carboxylic acid groups (broad SMARTS) is 1. The molecule has 0 aliphatic carbocycles. The number of aryl methyl sites for hydroxylation is 6. The first kappa shape index (κ1) is 39.9. The Hall–Kier alpha value is -5.91. The summed E-state index contributed by atoms with van der Waals surface area (Å²) in [5, 5.41) is 13.2. The van der Waals surface area contributed by atoms with Gasteiger partial charge in [-0.25, -0.2) is 14.8 Å². The van der Waals surface area contributed by atoms with Crippen molar-refractivity contribution in [1.29, 1.82) is 0 Å². The van der Waals surface area contributed by atoms with E-state index in [2.05, 4.69) is 26.4 Å². The second kappa shape index (κ2) is 15.7. The first-order valence-corrected chi connectivity index (χ1v) is 20.2. The molecule has 1 N–H and O–H groups in total. The van der Waals surface area contributed by atoms with E-state index < -0.39 is 5.97 Å². The number of carboxylic acids is 1. The zero-order valence-electron chi connectivity index (χ0n) is 34.0. The van der Waals surface area contributed by atoms with E-state index in [1.807, 2.05) is 77.1 Å². The van der Waals surface area contributed by atoms with Crippen LogP contribution >= 0.6 is 23.2 Å². The maximum absolute atomic E-state index is 15.5. The quantitative estimate of drug-likeness (QED) is 0.128. The summed E-state index contributed by atoms with van der Waals surface area (Å²) in [5.74, 6) is -0.0896. The van der Waals surface area contributed by atoms with Crippen LogP contribution in [0.3, 0.4) is 0 Å². The van der Waals surface area contributed by atoms with E-state index in [4.69, 9.17) is 32.7 Å². The molecule has 1 aliphatic heterocycles. The molecule has 8 rings (SSSR count). The number of carbonyl (C=O) groups excluding carboxylic acids is 1. The summed E-state index contributed by atoms with van der Waals surface area (Å²) in [5.41, 5.74) is 10.2. The molecule has 1 aliphatic rings. The molecule has 0 bridgehead atoms. The topological polar surface area (TPSA) is 125 Å². The van der Waals surface area contributed by atoms with Crippen LogP contribution in [0.4, 0.5) is 5.69 Å². The van der Waals surface area contributed by atoms with E-state index in [0.29, 0.717) is 64.7 Å². The summed E-state index contributed by atoms with van der Waals surface area (Å²) < 4.78 is 15.9. The van der Waals surface area contributed by atoms with Crippen molar-refractivity contribution in [2.24, 2.45) is 0 Å². The van der Waals surface area contributed by atoms with E-state index in [9.17, 15) is 9.90 Å². The van der Waals surface area contributed by atoms with Gasteiger partial charge in [-0.3, -0.25) is 9.78 Å². The molecule has 7 aromatic rings. The number of fused-ring (bicyclic) bond motifs is 4. The minimum absolute atomic E-state index is 0.0570. The number of hydrogen-bond acceptors (Lipinski definition) is 7. The van der Waals surface area contributed by atoms with E-state index in [0.717, 1.165) is 66.4 Å². The van der Waals surface area contributed by atoms with Crippen LogP contribution < -0.4 is 14.4 Å². The molecule has 0 spiro atoms. The molecule has 1 atom stereocenters. The van der Waals surface area contributed by atoms with Crippen LogP contribution in [-0.2, 0) is 13.0 Å². The lowest BCUT2D eigenvalue weighted by Gasteiger charge is -2.35. The summed E-state index contributed by atoms with van der Waals surface area (Å²) in [7, 11) is 1.55. The van der Waals surface area contributed by atoms with Gasteiger partial charge >= 0.3 is 5.97 Å². The predicted octanol–water partition coefficient (Wildman–Crippen LogP) is 10.3. The number of halogens is 2. The van der Waals surface area contributed by atoms with Gasteiger partial charge in [-0.15, -0.1) is 0 Å². The average molecular weight is 832 g/mol. The molecule has 0 saturated carbocycles. The van der Waals surface area contributed by atoms with Gasteiger partial charge in [0.1, 0.15) is 29.2 Å². The molecule has 13 heteroatoms. The normalized spacial score (nSPS) is 14.0. The molecule has 5 heterocycles. The molecular weight excluding hydrogens is 787 g/mol. The summed E-state index contributed by atoms with van der Waals surface area (Å²) in [6.07, 6.45) is 4.44. The highest BCUT2D eigenvalue weighted by Crippen LogP contribution is 2.46. The maximum atomic E-state index is 15.5. The number of anilines is 1. The molecule has 0 fully saturated rings. The van der Waals surface area contributed by atoms with Gasteiger partial charge in [-0.1, -0.05) is 35.3 Å². The third kappa shape index (κ3) is 6.95. The Bertz CT molecular complexity index is 2790. The highest BCUT2D eigenvalue weighted by Gasteiger charge is 2.38. The van der Waals surface area contributed by atoms with Gasteiger partial charge in [0, 0.05) is 57.1 Å². The summed E-state index contributed by atoms with van der Waals surface area (Å²) in [4.78, 5) is 43.7. The zero-order chi connectivity index (χ0) is 41.9. The minimum atomic E-state index is -1.10. The lowest BCUT2D eigenvalue weighted by molar-refractivity contribution is 0.0686. The molecule has 4 aromatic heterocycles. The Morgan fingerprint density at radius 2 is 1.63 bits per heavy atom. The molecule has 11 nitrogen and oxygen atoms in total. The highest BCUT2D eigenvalue weighted by atomic mass is 35.5. The van der Waals surface area contributed by atoms with Gasteiger partial charge in [0.25, 0.3) is 5.91 Å². The third-order valence-electron chi connectivity index (χ3n) is 11.3.